The molecule has 3 aliphatic rings. The largest absolute Gasteiger partial charge is 0.508 e. The minimum absolute atomic E-state index is 0.0524. The molecule has 0 amide bonds. The Bertz CT molecular complexity index is 917. The van der Waals surface area contributed by atoms with E-state index in [-0.39, 0.29) is 29.0 Å². The predicted octanol–water partition coefficient (Wildman–Crippen LogP) is 4.87. The number of aromatic hydroxyl groups is 1. The smallest absolute Gasteiger partial charge is 0.337 e. The van der Waals surface area contributed by atoms with Gasteiger partial charge in [0.2, 0.25) is 0 Å². The van der Waals surface area contributed by atoms with Crippen LogP contribution in [-0.2, 0) is 14.3 Å². The Hall–Kier alpha value is -2.56. The highest BCUT2D eigenvalue weighted by molar-refractivity contribution is 6.04. The molecule has 0 saturated heterocycles. The lowest BCUT2D eigenvalue weighted by molar-refractivity contribution is -0.146. The van der Waals surface area contributed by atoms with Crippen LogP contribution in [0, 0.1) is 5.41 Å². The summed E-state index contributed by atoms with van der Waals surface area (Å²) in [5, 5.41) is 13.1. The molecule has 1 aromatic carbocycles. The quantitative estimate of drug-likeness (QED) is 0.697. The highest BCUT2D eigenvalue weighted by Gasteiger charge is 2.43. The number of allylic oxidation sites excluding steroid dienone is 3. The van der Waals surface area contributed by atoms with Crippen molar-refractivity contribution in [3.8, 4) is 5.75 Å². The molecule has 0 bridgehead atoms. The van der Waals surface area contributed by atoms with E-state index in [1.54, 1.807) is 24.3 Å². The van der Waals surface area contributed by atoms with E-state index in [2.05, 4.69) is 19.2 Å². The summed E-state index contributed by atoms with van der Waals surface area (Å²) in [5.74, 6) is -0.581. The number of carbonyl (C=O) groups excluding carboxylic acids is 2. The zero-order chi connectivity index (χ0) is 21.5. The Morgan fingerprint density at radius 3 is 2.43 bits per heavy atom. The number of ether oxygens (including phenoxy) is 1. The number of nitrogens with one attached hydrogen (secondary N) is 1. The number of phenols is 1. The summed E-state index contributed by atoms with van der Waals surface area (Å²) in [6, 6.07) is 6.80. The van der Waals surface area contributed by atoms with Crippen LogP contribution in [0.15, 0.2) is 46.8 Å². The summed E-state index contributed by atoms with van der Waals surface area (Å²) >= 11 is 0. The van der Waals surface area contributed by atoms with Crippen molar-refractivity contribution < 1.29 is 19.4 Å². The SMILES string of the molecule is CC1=C(C(=O)OC2CCCCC2)C(c2ccc(O)cc2)C2=C(CC(C)(C)CC2=O)N1. The van der Waals surface area contributed by atoms with E-state index in [0.717, 1.165) is 49.1 Å². The van der Waals surface area contributed by atoms with E-state index in [0.29, 0.717) is 17.6 Å². The number of dihydropyridines is 1. The number of ketones is 1. The monoisotopic (exact) mass is 409 g/mol. The van der Waals surface area contributed by atoms with Crippen LogP contribution in [0.4, 0.5) is 0 Å². The lowest BCUT2D eigenvalue weighted by Gasteiger charge is -2.39. The van der Waals surface area contributed by atoms with Gasteiger partial charge in [-0.2, -0.15) is 0 Å². The first-order chi connectivity index (χ1) is 14.2. The summed E-state index contributed by atoms with van der Waals surface area (Å²) < 4.78 is 5.91. The van der Waals surface area contributed by atoms with Crippen LogP contribution >= 0.6 is 0 Å². The predicted molar refractivity (Wildman–Crippen MR) is 115 cm³/mol. The van der Waals surface area contributed by atoms with Crippen molar-refractivity contribution in [1.29, 1.82) is 0 Å². The van der Waals surface area contributed by atoms with Gasteiger partial charge in [-0.1, -0.05) is 32.4 Å². The van der Waals surface area contributed by atoms with Crippen molar-refractivity contribution in [2.45, 2.75) is 77.7 Å². The Labute approximate surface area is 178 Å². The lowest BCUT2D eigenvalue weighted by Crippen LogP contribution is -2.39. The fraction of sp³-hybridized carbons (Fsp3) is 0.520. The van der Waals surface area contributed by atoms with Gasteiger partial charge in [-0.3, -0.25) is 4.79 Å². The Morgan fingerprint density at radius 2 is 1.77 bits per heavy atom. The number of esters is 1. The lowest BCUT2D eigenvalue weighted by atomic mass is 9.68. The van der Waals surface area contributed by atoms with Gasteiger partial charge in [0.15, 0.2) is 5.78 Å². The maximum atomic E-state index is 13.3. The average molecular weight is 410 g/mol. The van der Waals surface area contributed by atoms with Crippen LogP contribution in [0.5, 0.6) is 5.75 Å². The van der Waals surface area contributed by atoms with Crippen LogP contribution in [0.1, 0.15) is 77.2 Å². The first kappa shape index (κ1) is 20.7. The molecule has 1 aromatic rings. The van der Waals surface area contributed by atoms with Gasteiger partial charge in [0.1, 0.15) is 11.9 Å². The van der Waals surface area contributed by atoms with Crippen molar-refractivity contribution in [2.24, 2.45) is 5.41 Å². The third-order valence-electron chi connectivity index (χ3n) is 6.51. The molecule has 1 atom stereocenters. The van der Waals surface area contributed by atoms with Gasteiger partial charge >= 0.3 is 5.97 Å². The molecule has 5 heteroatoms. The molecule has 0 aromatic heterocycles. The topological polar surface area (TPSA) is 75.6 Å². The van der Waals surface area contributed by atoms with E-state index < -0.39 is 5.92 Å². The van der Waals surface area contributed by atoms with Crippen LogP contribution in [0.25, 0.3) is 0 Å². The maximum Gasteiger partial charge on any atom is 0.337 e. The number of phenolic OH excluding ortho intramolecular Hbond substituents is 1. The second kappa shape index (κ2) is 7.93. The second-order valence-corrected chi connectivity index (χ2v) is 9.69. The van der Waals surface area contributed by atoms with Gasteiger partial charge < -0.3 is 15.2 Å². The fourth-order valence-corrected chi connectivity index (χ4v) is 5.10. The highest BCUT2D eigenvalue weighted by Crippen LogP contribution is 2.47. The zero-order valence-electron chi connectivity index (χ0n) is 18.1. The molecule has 1 fully saturated rings. The summed E-state index contributed by atoms with van der Waals surface area (Å²) in [7, 11) is 0. The molecule has 5 nitrogen and oxygen atoms in total. The minimum atomic E-state index is -0.471. The molecule has 160 valence electrons. The van der Waals surface area contributed by atoms with Crippen molar-refractivity contribution in [1.82, 2.24) is 5.32 Å². The fourth-order valence-electron chi connectivity index (χ4n) is 5.10. The van der Waals surface area contributed by atoms with Crippen molar-refractivity contribution in [3.63, 3.8) is 0 Å². The van der Waals surface area contributed by atoms with Gasteiger partial charge in [0, 0.05) is 29.3 Å². The molecular weight excluding hydrogens is 378 g/mol. The molecule has 30 heavy (non-hydrogen) atoms. The first-order valence-electron chi connectivity index (χ1n) is 11.0. The molecule has 2 aliphatic carbocycles. The van der Waals surface area contributed by atoms with Crippen LogP contribution in [-0.4, -0.2) is 23.0 Å². The molecule has 1 heterocycles. The van der Waals surface area contributed by atoms with Gasteiger partial charge in [-0.25, -0.2) is 4.79 Å². The Kier molecular flexibility index (Phi) is 5.48. The molecule has 1 aliphatic heterocycles. The van der Waals surface area contributed by atoms with E-state index in [1.165, 1.54) is 6.42 Å². The number of hydrogen-bond acceptors (Lipinski definition) is 5. The molecule has 4 rings (SSSR count). The molecule has 1 unspecified atom stereocenters. The number of rotatable bonds is 3. The van der Waals surface area contributed by atoms with Crippen LogP contribution in [0.2, 0.25) is 0 Å². The molecule has 2 N–H and O–H groups in total. The number of hydrogen-bond donors (Lipinski definition) is 2. The third-order valence-corrected chi connectivity index (χ3v) is 6.51. The van der Waals surface area contributed by atoms with Crippen molar-refractivity contribution >= 4 is 11.8 Å². The highest BCUT2D eigenvalue weighted by atomic mass is 16.5. The van der Waals surface area contributed by atoms with E-state index in [9.17, 15) is 14.7 Å². The van der Waals surface area contributed by atoms with Gasteiger partial charge in [-0.05, 0) is 62.1 Å². The maximum absolute atomic E-state index is 13.3. The second-order valence-electron chi connectivity index (χ2n) is 9.69. The summed E-state index contributed by atoms with van der Waals surface area (Å²) in [4.78, 5) is 26.6. The number of carbonyl (C=O) groups is 2. The van der Waals surface area contributed by atoms with Gasteiger partial charge in [-0.15, -0.1) is 0 Å². The van der Waals surface area contributed by atoms with E-state index in [4.69, 9.17) is 4.74 Å². The standard InChI is InChI=1S/C25H31NO4/c1-15-21(24(29)30-18-7-5-4-6-8-18)22(16-9-11-17(27)12-10-16)23-19(26-15)13-25(2,3)14-20(23)28/h9-12,18,22,26-27H,4-8,13-14H2,1-3H3. The summed E-state index contributed by atoms with van der Waals surface area (Å²) in [6.45, 7) is 6.08. The summed E-state index contributed by atoms with van der Waals surface area (Å²) in [5.41, 5.74) is 3.53. The Balaban J connectivity index is 1.75. The minimum Gasteiger partial charge on any atom is -0.508 e. The van der Waals surface area contributed by atoms with Crippen LogP contribution in [0.3, 0.4) is 0 Å². The normalized spacial score (nSPS) is 24.4. The van der Waals surface area contributed by atoms with Crippen molar-refractivity contribution in [3.05, 3.63) is 52.4 Å². The van der Waals surface area contributed by atoms with Crippen molar-refractivity contribution in [2.75, 3.05) is 0 Å². The number of Topliss-reactive ketones (excluding diaryl/α,β-unsaturated/α-hetero) is 1. The number of benzene rings is 1. The Morgan fingerprint density at radius 1 is 1.10 bits per heavy atom. The zero-order valence-corrected chi connectivity index (χ0v) is 18.1. The van der Waals surface area contributed by atoms with Crippen LogP contribution < -0.4 is 5.32 Å². The molecular formula is C25H31NO4. The van der Waals surface area contributed by atoms with Gasteiger partial charge in [0.25, 0.3) is 0 Å². The molecule has 0 spiro atoms. The summed E-state index contributed by atoms with van der Waals surface area (Å²) in [6.07, 6.45) is 6.30. The average Bonchev–Trinajstić information content (AvgIpc) is 2.67. The molecule has 1 saturated carbocycles. The third kappa shape index (κ3) is 4.03. The first-order valence-corrected chi connectivity index (χ1v) is 11.0. The molecule has 0 radical (unpaired) electrons. The van der Waals surface area contributed by atoms with Gasteiger partial charge in [0.05, 0.1) is 5.57 Å². The van der Waals surface area contributed by atoms with E-state index in [1.807, 2.05) is 6.92 Å². The van der Waals surface area contributed by atoms with E-state index >= 15 is 0 Å².